The summed E-state index contributed by atoms with van der Waals surface area (Å²) < 4.78 is 19.9. The molecule has 2 amide bonds. The van der Waals surface area contributed by atoms with Crippen molar-refractivity contribution < 1.29 is 42.9 Å². The monoisotopic (exact) mass is 774 g/mol. The summed E-state index contributed by atoms with van der Waals surface area (Å²) in [5, 5.41) is 6.67. The number of ketones is 2. The number of Topliss-reactive ketones (excluding diaryl/α,β-unsaturated/α-hetero) is 2. The van der Waals surface area contributed by atoms with Crippen LogP contribution in [0.3, 0.4) is 0 Å². The highest BCUT2D eigenvalue weighted by Gasteiger charge is 2.58. The zero-order chi connectivity index (χ0) is 36.5. The van der Waals surface area contributed by atoms with Gasteiger partial charge in [0.1, 0.15) is 5.78 Å². The summed E-state index contributed by atoms with van der Waals surface area (Å²) in [6, 6.07) is 0. The topological polar surface area (TPSA) is 153 Å². The van der Waals surface area contributed by atoms with Gasteiger partial charge in [0, 0.05) is 77.2 Å². The van der Waals surface area contributed by atoms with Crippen molar-refractivity contribution in [1.29, 1.82) is 0 Å². The molecule has 2 N–H and O–H groups in total. The van der Waals surface area contributed by atoms with E-state index in [0.717, 1.165) is 39.4 Å². The molecular weight excluding hydrogens is 715 g/mol. The van der Waals surface area contributed by atoms with Gasteiger partial charge in [0.05, 0.1) is 40.0 Å². The number of amides is 2. The highest BCUT2D eigenvalue weighted by molar-refractivity contribution is 6.61. The second kappa shape index (κ2) is 20.4. The van der Waals surface area contributed by atoms with Crippen molar-refractivity contribution in [2.75, 3.05) is 65.6 Å². The van der Waals surface area contributed by atoms with Crippen LogP contribution in [0.2, 0.25) is 0 Å². The molecule has 0 aromatic carbocycles. The summed E-state index contributed by atoms with van der Waals surface area (Å²) in [6.45, 7) is 24.6. The van der Waals surface area contributed by atoms with Gasteiger partial charge in [-0.25, -0.2) is 14.4 Å². The van der Waals surface area contributed by atoms with Crippen LogP contribution < -0.4 is 10.6 Å². The van der Waals surface area contributed by atoms with Gasteiger partial charge in [-0.1, -0.05) is 13.8 Å². The average molecular weight is 776 g/mol. The van der Waals surface area contributed by atoms with E-state index in [4.69, 9.17) is 25.8 Å². The third-order valence-corrected chi connectivity index (χ3v) is 8.85. The lowest BCUT2D eigenvalue weighted by Crippen LogP contribution is -2.69. The minimum absolute atomic E-state index is 0. The first-order chi connectivity index (χ1) is 22.2. The maximum atomic E-state index is 12.9. The Morgan fingerprint density at radius 1 is 0.620 bits per heavy atom. The summed E-state index contributed by atoms with van der Waals surface area (Å²) in [7, 11) is 0. The highest BCUT2D eigenvalue weighted by Crippen LogP contribution is 2.43. The van der Waals surface area contributed by atoms with Crippen LogP contribution in [0.4, 0.5) is 14.4 Å². The molecule has 0 aliphatic carbocycles. The van der Waals surface area contributed by atoms with Gasteiger partial charge in [-0.3, -0.25) is 9.59 Å². The molecule has 5 fully saturated rings. The van der Waals surface area contributed by atoms with E-state index in [2.05, 4.69) is 15.4 Å². The van der Waals surface area contributed by atoms with E-state index in [1.807, 2.05) is 13.8 Å². The van der Waals surface area contributed by atoms with Gasteiger partial charge in [0.2, 0.25) is 0 Å². The van der Waals surface area contributed by atoms with Crippen molar-refractivity contribution in [1.82, 2.24) is 20.4 Å². The molecule has 5 aliphatic heterocycles. The molecule has 4 bridgehead atoms. The molecule has 0 radical (unpaired) electrons. The van der Waals surface area contributed by atoms with Crippen LogP contribution in [-0.2, 0) is 28.5 Å². The second-order valence-corrected chi connectivity index (χ2v) is 15.7. The van der Waals surface area contributed by atoms with Gasteiger partial charge < -0.3 is 39.4 Å². The van der Waals surface area contributed by atoms with E-state index in [1.54, 1.807) is 65.2 Å². The summed E-state index contributed by atoms with van der Waals surface area (Å²) in [4.78, 5) is 62.4. The zero-order valence-corrected chi connectivity index (χ0v) is 33.9. The number of rotatable bonds is 3. The first kappa shape index (κ1) is 48.1. The first-order valence-electron chi connectivity index (χ1n) is 17.0. The molecule has 16 heteroatoms. The van der Waals surface area contributed by atoms with Crippen molar-refractivity contribution in [3.8, 4) is 0 Å². The number of nitrogens with one attached hydrogen (secondary N) is 2. The molecular formula is C34H61Cl3N4O9. The fourth-order valence-electron chi connectivity index (χ4n) is 6.82. The van der Waals surface area contributed by atoms with E-state index in [9.17, 15) is 24.0 Å². The van der Waals surface area contributed by atoms with E-state index in [0.29, 0.717) is 5.78 Å². The van der Waals surface area contributed by atoms with Crippen molar-refractivity contribution in [3.63, 3.8) is 0 Å². The first-order valence-corrected chi connectivity index (χ1v) is 17.4. The van der Waals surface area contributed by atoms with Crippen LogP contribution in [0.15, 0.2) is 0 Å². The second-order valence-electron chi connectivity index (χ2n) is 15.4. The summed E-state index contributed by atoms with van der Waals surface area (Å²) in [5.41, 5.74) is -2.68. The number of piperidine rings is 4. The van der Waals surface area contributed by atoms with Gasteiger partial charge in [-0.05, 0) is 68.2 Å². The van der Waals surface area contributed by atoms with Gasteiger partial charge >= 0.3 is 17.6 Å². The van der Waals surface area contributed by atoms with Gasteiger partial charge in [0.15, 0.2) is 5.78 Å². The largest absolute Gasteiger partial charge is 0.451 e. The maximum absolute atomic E-state index is 12.9. The standard InChI is InChI=1S/C17H28N2O5.C9H16N2O.C4H7ClO2.C4H8O.2ClH/c1-11(2)23-14(21)18-7-16(5)9-19(15(22)24-12(3)4)10-17(6,8-18)13(16)20;1-8-3-10-5-9(2,7(8)12)6-11-4-8;1-3(2)7-4(5)6;1-2-4-5-3-1;;/h11-12H,7-10H2,1-6H3;10-11H,3-6H2,1-2H3;3H,1-2H3;1-4H2;2*1H. The molecule has 5 saturated heterocycles. The quantitative estimate of drug-likeness (QED) is 0.277. The fourth-order valence-corrected chi connectivity index (χ4v) is 7.00. The molecule has 0 saturated carbocycles. The normalized spacial score (nSPS) is 29.5. The minimum atomic E-state index is -0.808. The molecule has 0 aromatic rings. The van der Waals surface area contributed by atoms with Crippen LogP contribution in [0.1, 0.15) is 82.1 Å². The molecule has 0 spiro atoms. The Hall–Kier alpha value is -1.90. The van der Waals surface area contributed by atoms with Crippen molar-refractivity contribution >= 4 is 65.6 Å². The number of nitrogens with zero attached hydrogens (tertiary/aromatic N) is 2. The lowest BCUT2D eigenvalue weighted by molar-refractivity contribution is -0.154. The Balaban J connectivity index is 0.000000762. The Morgan fingerprint density at radius 2 is 0.920 bits per heavy atom. The van der Waals surface area contributed by atoms with Crippen molar-refractivity contribution in [3.05, 3.63) is 0 Å². The molecule has 0 aromatic heterocycles. The number of carbonyl (C=O) groups is 5. The van der Waals surface area contributed by atoms with E-state index >= 15 is 0 Å². The molecule has 13 nitrogen and oxygen atoms in total. The summed E-state index contributed by atoms with van der Waals surface area (Å²) in [5.74, 6) is 0.532. The lowest BCUT2D eigenvalue weighted by atomic mass is 9.64. The molecule has 292 valence electrons. The molecule has 0 unspecified atom stereocenters. The molecule has 5 aliphatic rings. The van der Waals surface area contributed by atoms with Gasteiger partial charge in [0.25, 0.3) is 0 Å². The molecule has 5 heterocycles. The van der Waals surface area contributed by atoms with Crippen LogP contribution in [-0.4, -0.2) is 123 Å². The Labute approximate surface area is 315 Å². The third-order valence-electron chi connectivity index (χ3n) is 8.76. The third kappa shape index (κ3) is 13.6. The van der Waals surface area contributed by atoms with Crippen LogP contribution in [0.25, 0.3) is 0 Å². The molecule has 0 atom stereocenters. The van der Waals surface area contributed by atoms with Gasteiger partial charge in [-0.15, -0.1) is 24.8 Å². The highest BCUT2D eigenvalue weighted by atomic mass is 35.5. The Bertz CT molecular complexity index is 1060. The summed E-state index contributed by atoms with van der Waals surface area (Å²) >= 11 is 4.81. The van der Waals surface area contributed by atoms with Crippen LogP contribution in [0.5, 0.6) is 0 Å². The molecule has 5 rings (SSSR count). The van der Waals surface area contributed by atoms with Crippen molar-refractivity contribution in [2.24, 2.45) is 21.7 Å². The van der Waals surface area contributed by atoms with Crippen molar-refractivity contribution in [2.45, 2.75) is 100 Å². The van der Waals surface area contributed by atoms with Gasteiger partial charge in [-0.2, -0.15) is 0 Å². The molecule has 50 heavy (non-hydrogen) atoms. The number of halogens is 3. The number of likely N-dealkylation sites (tertiary alicyclic amines) is 2. The maximum Gasteiger partial charge on any atom is 0.410 e. The van der Waals surface area contributed by atoms with Crippen LogP contribution >= 0.6 is 36.4 Å². The fraction of sp³-hybridized carbons (Fsp3) is 0.853. The minimum Gasteiger partial charge on any atom is -0.451 e. The smallest absolute Gasteiger partial charge is 0.410 e. The number of hydrogen-bond donors (Lipinski definition) is 2. The predicted molar refractivity (Wildman–Crippen MR) is 197 cm³/mol. The number of ether oxygens (including phenoxy) is 4. The number of carbonyl (C=O) groups excluding carboxylic acids is 5. The summed E-state index contributed by atoms with van der Waals surface area (Å²) in [6.07, 6.45) is 1.20. The average Bonchev–Trinajstić information content (AvgIpc) is 3.52. The van der Waals surface area contributed by atoms with E-state index in [1.165, 1.54) is 12.8 Å². The predicted octanol–water partition coefficient (Wildman–Crippen LogP) is 5.47. The zero-order valence-electron chi connectivity index (χ0n) is 31.5. The number of hydrogen-bond acceptors (Lipinski definition) is 11. The Kier molecular flexibility index (Phi) is 19.6. The van der Waals surface area contributed by atoms with E-state index in [-0.39, 0.29) is 85.9 Å². The SMILES string of the molecule is C1CCOC1.CC(C)OC(=O)Cl.CC(C)OC(=O)N1CC2(C)CN(C(=O)OC(C)C)CC(C)(C1)C2=O.CC12CNCC(C)(CNC1)C2=O.Cl.Cl. The Morgan fingerprint density at radius 3 is 1.12 bits per heavy atom. The van der Waals surface area contributed by atoms with Crippen LogP contribution in [0, 0.1) is 21.7 Å². The number of fused-ring (bicyclic) bond motifs is 4. The van der Waals surface area contributed by atoms with E-state index < -0.39 is 28.4 Å². The lowest BCUT2D eigenvalue weighted by Gasteiger charge is -2.54.